The van der Waals surface area contributed by atoms with Crippen LogP contribution in [0.2, 0.25) is 0 Å². The Hall–Kier alpha value is -0.180. The first-order chi connectivity index (χ1) is 6.31. The zero-order valence-corrected chi connectivity index (χ0v) is 9.19. The fourth-order valence-corrected chi connectivity index (χ4v) is 2.75. The second kappa shape index (κ2) is 2.91. The van der Waals surface area contributed by atoms with Crippen LogP contribution in [0.5, 0.6) is 0 Å². The van der Waals surface area contributed by atoms with Crippen LogP contribution in [0.1, 0.15) is 33.6 Å². The van der Waals surface area contributed by atoms with Crippen molar-refractivity contribution in [3.8, 4) is 0 Å². The molecule has 0 bridgehead atoms. The molecule has 0 N–H and O–H groups in total. The van der Waals surface area contributed by atoms with Gasteiger partial charge in [-0.15, -0.1) is 0 Å². The molecule has 2 unspecified atom stereocenters. The summed E-state index contributed by atoms with van der Waals surface area (Å²) < 4.78 is 26.9. The molecule has 82 valence electrons. The van der Waals surface area contributed by atoms with Gasteiger partial charge in [0.25, 0.3) is 5.92 Å². The molecule has 0 aromatic rings. The van der Waals surface area contributed by atoms with Crippen molar-refractivity contribution in [3.63, 3.8) is 0 Å². The Morgan fingerprint density at radius 2 is 1.86 bits per heavy atom. The summed E-state index contributed by atoms with van der Waals surface area (Å²) in [6.07, 6.45) is 0.824. The van der Waals surface area contributed by atoms with E-state index in [1.54, 1.807) is 0 Å². The van der Waals surface area contributed by atoms with E-state index in [4.69, 9.17) is 0 Å². The fourth-order valence-electron chi connectivity index (χ4n) is 2.75. The van der Waals surface area contributed by atoms with E-state index in [1.807, 2.05) is 0 Å². The summed E-state index contributed by atoms with van der Waals surface area (Å²) in [6, 6.07) is 0. The summed E-state index contributed by atoms with van der Waals surface area (Å²) in [5, 5.41) is 0. The molecule has 2 atom stereocenters. The first-order valence-electron chi connectivity index (χ1n) is 5.43. The smallest absolute Gasteiger partial charge is 0.252 e. The number of rotatable bonds is 0. The summed E-state index contributed by atoms with van der Waals surface area (Å²) in [5.41, 5.74) is 0.0421. The number of hydrogen-bond donors (Lipinski definition) is 0. The number of likely N-dealkylation sites (tertiary alicyclic amines) is 1. The maximum Gasteiger partial charge on any atom is 0.252 e. The minimum Gasteiger partial charge on any atom is -0.298 e. The van der Waals surface area contributed by atoms with Crippen molar-refractivity contribution in [2.75, 3.05) is 13.1 Å². The quantitative estimate of drug-likeness (QED) is 0.585. The van der Waals surface area contributed by atoms with Crippen molar-refractivity contribution in [2.45, 2.75) is 45.1 Å². The van der Waals surface area contributed by atoms with E-state index in [2.05, 4.69) is 25.7 Å². The van der Waals surface area contributed by atoms with E-state index in [-0.39, 0.29) is 23.8 Å². The number of halogens is 2. The summed E-state index contributed by atoms with van der Waals surface area (Å²) in [5.74, 6) is -2.53. The van der Waals surface area contributed by atoms with E-state index in [0.29, 0.717) is 13.0 Å². The van der Waals surface area contributed by atoms with Gasteiger partial charge in [0.15, 0.2) is 0 Å². The predicted octanol–water partition coefficient (Wildman–Crippen LogP) is 2.76. The average Bonchev–Trinajstić information content (AvgIpc) is 2.51. The van der Waals surface area contributed by atoms with Crippen LogP contribution in [0.4, 0.5) is 8.78 Å². The monoisotopic (exact) mass is 203 g/mol. The molecule has 1 aliphatic heterocycles. The van der Waals surface area contributed by atoms with Gasteiger partial charge in [-0.2, -0.15) is 0 Å². The van der Waals surface area contributed by atoms with Crippen LogP contribution in [-0.4, -0.2) is 29.5 Å². The lowest BCUT2D eigenvalue weighted by molar-refractivity contribution is -0.0428. The standard InChI is InChI=1S/C11H19F2N/c1-10(2,3)14-6-8-4-5-11(12,13)9(8)7-14/h8-9H,4-7H2,1-3H3. The van der Waals surface area contributed by atoms with Gasteiger partial charge in [0, 0.05) is 31.0 Å². The van der Waals surface area contributed by atoms with Gasteiger partial charge in [0.1, 0.15) is 0 Å². The lowest BCUT2D eigenvalue weighted by Gasteiger charge is -2.32. The fraction of sp³-hybridized carbons (Fsp3) is 1.00. The minimum atomic E-state index is -2.40. The van der Waals surface area contributed by atoms with Gasteiger partial charge in [-0.3, -0.25) is 4.90 Å². The third-order valence-electron chi connectivity index (χ3n) is 3.78. The van der Waals surface area contributed by atoms with Crippen LogP contribution in [0.25, 0.3) is 0 Å². The van der Waals surface area contributed by atoms with Gasteiger partial charge in [-0.25, -0.2) is 8.78 Å². The number of hydrogen-bond acceptors (Lipinski definition) is 1. The lowest BCUT2D eigenvalue weighted by atomic mass is 9.99. The molecule has 1 saturated carbocycles. The molecule has 1 aliphatic carbocycles. The number of alkyl halides is 2. The van der Waals surface area contributed by atoms with E-state index >= 15 is 0 Å². The van der Waals surface area contributed by atoms with Crippen molar-refractivity contribution in [1.82, 2.24) is 4.90 Å². The molecular formula is C11H19F2N. The predicted molar refractivity (Wildman–Crippen MR) is 52.5 cm³/mol. The highest BCUT2D eigenvalue weighted by Crippen LogP contribution is 2.49. The Labute approximate surface area is 84.5 Å². The summed E-state index contributed by atoms with van der Waals surface area (Å²) in [4.78, 5) is 2.20. The Morgan fingerprint density at radius 1 is 1.21 bits per heavy atom. The Kier molecular flexibility index (Phi) is 2.15. The van der Waals surface area contributed by atoms with Gasteiger partial charge >= 0.3 is 0 Å². The van der Waals surface area contributed by atoms with Crippen LogP contribution in [-0.2, 0) is 0 Å². The van der Waals surface area contributed by atoms with Crippen LogP contribution < -0.4 is 0 Å². The molecule has 1 saturated heterocycles. The van der Waals surface area contributed by atoms with Crippen molar-refractivity contribution in [3.05, 3.63) is 0 Å². The normalized spacial score (nSPS) is 37.5. The lowest BCUT2D eigenvalue weighted by Crippen LogP contribution is -2.41. The minimum absolute atomic E-state index is 0.0421. The molecule has 2 aliphatic rings. The largest absolute Gasteiger partial charge is 0.298 e. The van der Waals surface area contributed by atoms with E-state index in [9.17, 15) is 8.78 Å². The van der Waals surface area contributed by atoms with Crippen molar-refractivity contribution in [1.29, 1.82) is 0 Å². The molecule has 2 fully saturated rings. The first kappa shape index (κ1) is 10.3. The van der Waals surface area contributed by atoms with Gasteiger partial charge in [0.05, 0.1) is 0 Å². The average molecular weight is 203 g/mol. The maximum atomic E-state index is 13.4. The third kappa shape index (κ3) is 1.56. The van der Waals surface area contributed by atoms with Gasteiger partial charge in [-0.05, 0) is 33.1 Å². The van der Waals surface area contributed by atoms with Crippen molar-refractivity contribution in [2.24, 2.45) is 11.8 Å². The molecule has 3 heteroatoms. The molecule has 14 heavy (non-hydrogen) atoms. The summed E-state index contributed by atoms with van der Waals surface area (Å²) in [7, 11) is 0. The maximum absolute atomic E-state index is 13.4. The van der Waals surface area contributed by atoms with E-state index in [1.165, 1.54) is 0 Å². The first-order valence-corrected chi connectivity index (χ1v) is 5.43. The number of nitrogens with zero attached hydrogens (tertiary/aromatic N) is 1. The molecule has 0 aromatic carbocycles. The molecule has 1 nitrogen and oxygen atoms in total. The van der Waals surface area contributed by atoms with Crippen molar-refractivity contribution < 1.29 is 8.78 Å². The third-order valence-corrected chi connectivity index (χ3v) is 3.78. The topological polar surface area (TPSA) is 3.24 Å². The SMILES string of the molecule is CC(C)(C)N1CC2CCC(F)(F)C2C1. The summed E-state index contributed by atoms with van der Waals surface area (Å²) >= 11 is 0. The van der Waals surface area contributed by atoms with Gasteiger partial charge in [-0.1, -0.05) is 0 Å². The van der Waals surface area contributed by atoms with Crippen molar-refractivity contribution >= 4 is 0 Å². The van der Waals surface area contributed by atoms with Crippen LogP contribution >= 0.6 is 0 Å². The highest BCUT2D eigenvalue weighted by atomic mass is 19.3. The highest BCUT2D eigenvalue weighted by molar-refractivity contribution is 5.00. The zero-order chi connectivity index (χ0) is 10.6. The Morgan fingerprint density at radius 3 is 2.36 bits per heavy atom. The van der Waals surface area contributed by atoms with E-state index in [0.717, 1.165) is 6.54 Å². The molecular weight excluding hydrogens is 184 g/mol. The Balaban J connectivity index is 2.09. The molecule has 0 radical (unpaired) electrons. The van der Waals surface area contributed by atoms with Crippen LogP contribution in [0.3, 0.4) is 0 Å². The molecule has 1 heterocycles. The summed E-state index contributed by atoms with van der Waals surface area (Å²) in [6.45, 7) is 7.76. The second-order valence-corrected chi connectivity index (χ2v) is 5.74. The van der Waals surface area contributed by atoms with Crippen LogP contribution in [0, 0.1) is 11.8 Å². The highest BCUT2D eigenvalue weighted by Gasteiger charge is 2.54. The Bertz CT molecular complexity index is 232. The van der Waals surface area contributed by atoms with Crippen LogP contribution in [0.15, 0.2) is 0 Å². The molecule has 0 spiro atoms. The van der Waals surface area contributed by atoms with Gasteiger partial charge in [0.2, 0.25) is 0 Å². The van der Waals surface area contributed by atoms with E-state index < -0.39 is 5.92 Å². The molecule has 2 rings (SSSR count). The second-order valence-electron chi connectivity index (χ2n) is 5.74. The molecule has 0 amide bonds. The zero-order valence-electron chi connectivity index (χ0n) is 9.19. The van der Waals surface area contributed by atoms with Gasteiger partial charge < -0.3 is 0 Å². The number of fused-ring (bicyclic) bond motifs is 1. The molecule has 0 aromatic heterocycles.